The molecule has 1 aliphatic rings. The number of rotatable bonds is 1. The van der Waals surface area contributed by atoms with Crippen molar-refractivity contribution in [1.82, 2.24) is 9.97 Å². The first-order valence-corrected chi connectivity index (χ1v) is 6.25. The van der Waals surface area contributed by atoms with E-state index >= 15 is 0 Å². The van der Waals surface area contributed by atoms with Crippen LogP contribution in [-0.2, 0) is 0 Å². The van der Waals surface area contributed by atoms with Crippen LogP contribution >= 0.6 is 0 Å². The maximum atomic E-state index is 11.7. The summed E-state index contributed by atoms with van der Waals surface area (Å²) in [6, 6.07) is 5.62. The molecule has 3 rings (SSSR count). The SMILES string of the molecule is O=c1[nH]c(=O)c2cc(N3CCCCC3)ccc2[nH]1. The van der Waals surface area contributed by atoms with E-state index in [1.165, 1.54) is 19.3 Å². The third-order valence-corrected chi connectivity index (χ3v) is 3.44. The van der Waals surface area contributed by atoms with Crippen molar-refractivity contribution in [3.8, 4) is 0 Å². The number of hydrogen-bond donors (Lipinski definition) is 2. The van der Waals surface area contributed by atoms with E-state index in [1.807, 2.05) is 12.1 Å². The van der Waals surface area contributed by atoms with Gasteiger partial charge < -0.3 is 9.88 Å². The van der Waals surface area contributed by atoms with Gasteiger partial charge in [-0.3, -0.25) is 9.78 Å². The van der Waals surface area contributed by atoms with Crippen LogP contribution in [0.1, 0.15) is 19.3 Å². The highest BCUT2D eigenvalue weighted by Crippen LogP contribution is 2.21. The zero-order valence-electron chi connectivity index (χ0n) is 10.0. The molecule has 5 heteroatoms. The summed E-state index contributed by atoms with van der Waals surface area (Å²) in [4.78, 5) is 30.1. The Morgan fingerprint density at radius 1 is 1.00 bits per heavy atom. The second kappa shape index (κ2) is 4.33. The number of nitrogens with one attached hydrogen (secondary N) is 2. The fourth-order valence-electron chi connectivity index (χ4n) is 2.50. The van der Waals surface area contributed by atoms with Crippen LogP contribution in [-0.4, -0.2) is 23.1 Å². The van der Waals surface area contributed by atoms with E-state index in [0.29, 0.717) is 10.9 Å². The monoisotopic (exact) mass is 245 g/mol. The van der Waals surface area contributed by atoms with Crippen molar-refractivity contribution in [1.29, 1.82) is 0 Å². The minimum atomic E-state index is -0.460. The van der Waals surface area contributed by atoms with E-state index in [4.69, 9.17) is 0 Å². The fraction of sp³-hybridized carbons (Fsp3) is 0.385. The lowest BCUT2D eigenvalue weighted by molar-refractivity contribution is 0.578. The topological polar surface area (TPSA) is 69.0 Å². The molecule has 18 heavy (non-hydrogen) atoms. The average molecular weight is 245 g/mol. The van der Waals surface area contributed by atoms with E-state index in [9.17, 15) is 9.59 Å². The highest BCUT2D eigenvalue weighted by atomic mass is 16.2. The van der Waals surface area contributed by atoms with Crippen molar-refractivity contribution in [2.75, 3.05) is 18.0 Å². The summed E-state index contributed by atoms with van der Waals surface area (Å²) in [6.07, 6.45) is 3.66. The van der Waals surface area contributed by atoms with Gasteiger partial charge in [0, 0.05) is 18.8 Å². The molecular weight excluding hydrogens is 230 g/mol. The Kier molecular flexibility index (Phi) is 2.66. The van der Waals surface area contributed by atoms with Gasteiger partial charge in [0.25, 0.3) is 5.56 Å². The van der Waals surface area contributed by atoms with Crippen molar-refractivity contribution in [3.05, 3.63) is 39.0 Å². The van der Waals surface area contributed by atoms with Gasteiger partial charge >= 0.3 is 5.69 Å². The largest absolute Gasteiger partial charge is 0.372 e. The van der Waals surface area contributed by atoms with Crippen LogP contribution in [0.5, 0.6) is 0 Å². The van der Waals surface area contributed by atoms with Crippen LogP contribution in [0, 0.1) is 0 Å². The van der Waals surface area contributed by atoms with Gasteiger partial charge in [-0.1, -0.05) is 0 Å². The Morgan fingerprint density at radius 3 is 2.56 bits per heavy atom. The number of aromatic nitrogens is 2. The Hall–Kier alpha value is -2.04. The maximum Gasteiger partial charge on any atom is 0.326 e. The quantitative estimate of drug-likeness (QED) is 0.793. The van der Waals surface area contributed by atoms with Gasteiger partial charge in [0.05, 0.1) is 10.9 Å². The average Bonchev–Trinajstić information content (AvgIpc) is 2.39. The summed E-state index contributed by atoms with van der Waals surface area (Å²) in [7, 11) is 0. The molecule has 1 aromatic carbocycles. The minimum Gasteiger partial charge on any atom is -0.372 e. The molecule has 5 nitrogen and oxygen atoms in total. The third kappa shape index (κ3) is 1.92. The number of nitrogens with zero attached hydrogens (tertiary/aromatic N) is 1. The second-order valence-electron chi connectivity index (χ2n) is 4.69. The molecule has 1 aliphatic heterocycles. The lowest BCUT2D eigenvalue weighted by Gasteiger charge is -2.28. The standard InChI is InChI=1S/C13H15N3O2/c17-12-10-8-9(16-6-2-1-3-7-16)4-5-11(10)14-13(18)15-12/h4-5,8H,1-3,6-7H2,(H2,14,15,17,18). The summed E-state index contributed by atoms with van der Waals surface area (Å²) in [5.74, 6) is 0. The van der Waals surface area contributed by atoms with E-state index < -0.39 is 5.69 Å². The minimum absolute atomic E-state index is 0.326. The first-order valence-electron chi connectivity index (χ1n) is 6.25. The molecule has 1 saturated heterocycles. The zero-order chi connectivity index (χ0) is 12.5. The van der Waals surface area contributed by atoms with Crippen molar-refractivity contribution in [2.45, 2.75) is 19.3 Å². The molecule has 2 heterocycles. The molecule has 2 aromatic rings. The highest BCUT2D eigenvalue weighted by molar-refractivity contribution is 5.81. The number of anilines is 1. The third-order valence-electron chi connectivity index (χ3n) is 3.44. The predicted octanol–water partition coefficient (Wildman–Crippen LogP) is 1.21. The Bertz CT molecular complexity index is 680. The Labute approximate surface area is 103 Å². The van der Waals surface area contributed by atoms with Gasteiger partial charge in [-0.25, -0.2) is 4.79 Å². The van der Waals surface area contributed by atoms with Crippen LogP contribution in [0.3, 0.4) is 0 Å². The predicted molar refractivity (Wildman–Crippen MR) is 71.3 cm³/mol. The smallest absolute Gasteiger partial charge is 0.326 e. The number of benzene rings is 1. The molecule has 1 fully saturated rings. The van der Waals surface area contributed by atoms with Gasteiger partial charge in [0.15, 0.2) is 0 Å². The van der Waals surface area contributed by atoms with Crippen molar-refractivity contribution < 1.29 is 0 Å². The van der Waals surface area contributed by atoms with Gasteiger partial charge in [-0.05, 0) is 37.5 Å². The first-order chi connectivity index (χ1) is 8.74. The van der Waals surface area contributed by atoms with Gasteiger partial charge in [0.1, 0.15) is 0 Å². The van der Waals surface area contributed by atoms with E-state index in [2.05, 4.69) is 14.9 Å². The van der Waals surface area contributed by atoms with Gasteiger partial charge in [-0.15, -0.1) is 0 Å². The van der Waals surface area contributed by atoms with Crippen LogP contribution in [0.2, 0.25) is 0 Å². The molecule has 0 radical (unpaired) electrons. The number of aromatic amines is 2. The lowest BCUT2D eigenvalue weighted by atomic mass is 10.1. The summed E-state index contributed by atoms with van der Waals surface area (Å²) < 4.78 is 0. The molecule has 0 unspecified atom stereocenters. The molecule has 0 spiro atoms. The molecule has 0 bridgehead atoms. The van der Waals surface area contributed by atoms with Crippen LogP contribution in [0.25, 0.3) is 10.9 Å². The number of hydrogen-bond acceptors (Lipinski definition) is 3. The van der Waals surface area contributed by atoms with Crippen LogP contribution in [0.15, 0.2) is 27.8 Å². The van der Waals surface area contributed by atoms with Crippen molar-refractivity contribution >= 4 is 16.6 Å². The molecule has 0 aliphatic carbocycles. The molecule has 0 amide bonds. The number of piperidine rings is 1. The molecule has 2 N–H and O–H groups in total. The highest BCUT2D eigenvalue weighted by Gasteiger charge is 2.12. The molecule has 0 atom stereocenters. The zero-order valence-corrected chi connectivity index (χ0v) is 10.0. The summed E-state index contributed by atoms with van der Waals surface area (Å²) in [5.41, 5.74) is 0.857. The number of fused-ring (bicyclic) bond motifs is 1. The maximum absolute atomic E-state index is 11.7. The van der Waals surface area contributed by atoms with E-state index in [1.54, 1.807) is 6.07 Å². The molecule has 0 saturated carbocycles. The van der Waals surface area contributed by atoms with E-state index in [0.717, 1.165) is 18.8 Å². The van der Waals surface area contributed by atoms with Gasteiger partial charge in [-0.2, -0.15) is 0 Å². The second-order valence-corrected chi connectivity index (χ2v) is 4.69. The van der Waals surface area contributed by atoms with Crippen LogP contribution < -0.4 is 16.1 Å². The normalized spacial score (nSPS) is 16.1. The number of H-pyrrole nitrogens is 2. The van der Waals surface area contributed by atoms with Crippen LogP contribution in [0.4, 0.5) is 5.69 Å². The lowest BCUT2D eigenvalue weighted by Crippen LogP contribution is -2.29. The van der Waals surface area contributed by atoms with Gasteiger partial charge in [0.2, 0.25) is 0 Å². The summed E-state index contributed by atoms with van der Waals surface area (Å²) in [5, 5.41) is 0.540. The van der Waals surface area contributed by atoms with E-state index in [-0.39, 0.29) is 5.56 Å². The first kappa shape index (κ1) is 11.1. The summed E-state index contributed by atoms with van der Waals surface area (Å²) in [6.45, 7) is 2.07. The Balaban J connectivity index is 2.10. The van der Waals surface area contributed by atoms with Crippen molar-refractivity contribution in [3.63, 3.8) is 0 Å². The van der Waals surface area contributed by atoms with Crippen molar-refractivity contribution in [2.24, 2.45) is 0 Å². The fourth-order valence-corrected chi connectivity index (χ4v) is 2.50. The molecular formula is C13H15N3O2. The molecule has 94 valence electrons. The Morgan fingerprint density at radius 2 is 1.78 bits per heavy atom. The summed E-state index contributed by atoms with van der Waals surface area (Å²) >= 11 is 0. The molecule has 1 aromatic heterocycles.